The second-order valence-electron chi connectivity index (χ2n) is 3.17. The summed E-state index contributed by atoms with van der Waals surface area (Å²) in [7, 11) is 0. The molecule has 0 aromatic rings. The predicted octanol–water partition coefficient (Wildman–Crippen LogP) is 3.19. The van der Waals surface area contributed by atoms with Gasteiger partial charge in [-0.1, -0.05) is 26.0 Å². The molecule has 0 fully saturated rings. The zero-order valence-electron chi connectivity index (χ0n) is 7.89. The molecule has 62 valence electrons. The fourth-order valence-electron chi connectivity index (χ4n) is 0.431. The summed E-state index contributed by atoms with van der Waals surface area (Å²) >= 11 is 0. The molecule has 0 heterocycles. The molecule has 0 atom stereocenters. The van der Waals surface area contributed by atoms with Crippen LogP contribution in [0.25, 0.3) is 0 Å². The fourth-order valence-corrected chi connectivity index (χ4v) is 0.431. The molecule has 0 spiro atoms. The fraction of sp³-hybridized carbons (Fsp3) is 0.500. The first kappa shape index (κ1) is 10.2. The molecule has 0 rings (SSSR count). The van der Waals surface area contributed by atoms with Crippen molar-refractivity contribution >= 4 is 6.21 Å². The van der Waals surface area contributed by atoms with Crippen LogP contribution in [0.3, 0.4) is 0 Å². The van der Waals surface area contributed by atoms with Crippen molar-refractivity contribution in [2.24, 2.45) is 10.9 Å². The van der Waals surface area contributed by atoms with Gasteiger partial charge in [-0.05, 0) is 25.8 Å². The van der Waals surface area contributed by atoms with E-state index < -0.39 is 0 Å². The Kier molecular flexibility index (Phi) is 4.51. The van der Waals surface area contributed by atoms with E-state index in [0.29, 0.717) is 5.92 Å². The van der Waals surface area contributed by atoms with E-state index in [9.17, 15) is 0 Å². The largest absolute Gasteiger partial charge is 0.262 e. The van der Waals surface area contributed by atoms with Gasteiger partial charge in [-0.25, -0.2) is 0 Å². The maximum atomic E-state index is 4.17. The smallest absolute Gasteiger partial charge is 0.0357 e. The summed E-state index contributed by atoms with van der Waals surface area (Å²) in [4.78, 5) is 4.17. The van der Waals surface area contributed by atoms with Gasteiger partial charge >= 0.3 is 0 Å². The van der Waals surface area contributed by atoms with Gasteiger partial charge in [-0.15, -0.1) is 0 Å². The van der Waals surface area contributed by atoms with Crippen LogP contribution in [-0.2, 0) is 0 Å². The van der Waals surface area contributed by atoms with Crippen molar-refractivity contribution < 1.29 is 0 Å². The molecule has 0 saturated heterocycles. The number of hydrogen-bond acceptors (Lipinski definition) is 1. The summed E-state index contributed by atoms with van der Waals surface area (Å²) < 4.78 is 0. The van der Waals surface area contributed by atoms with Crippen molar-refractivity contribution in [3.05, 3.63) is 23.9 Å². The molecule has 0 aliphatic heterocycles. The highest BCUT2D eigenvalue weighted by Crippen LogP contribution is 2.06. The van der Waals surface area contributed by atoms with Crippen molar-refractivity contribution in [3.63, 3.8) is 0 Å². The van der Waals surface area contributed by atoms with Gasteiger partial charge in [-0.3, -0.25) is 4.99 Å². The quantitative estimate of drug-likeness (QED) is 0.549. The van der Waals surface area contributed by atoms with Crippen molar-refractivity contribution in [1.82, 2.24) is 0 Å². The number of aliphatic imine (C=N–C) groups is 1. The topological polar surface area (TPSA) is 12.4 Å². The Hall–Kier alpha value is -0.850. The molecule has 11 heavy (non-hydrogen) atoms. The zero-order chi connectivity index (χ0) is 8.85. The minimum Gasteiger partial charge on any atom is -0.262 e. The Morgan fingerprint density at radius 1 is 1.36 bits per heavy atom. The number of rotatable bonds is 3. The SMILES string of the molecule is C=C(N=CC=C(C)C)C(C)C. The summed E-state index contributed by atoms with van der Waals surface area (Å²) in [5.41, 5.74) is 2.19. The molecule has 0 N–H and O–H groups in total. The third-order valence-corrected chi connectivity index (χ3v) is 1.31. The molecule has 0 aliphatic carbocycles. The minimum absolute atomic E-state index is 0.441. The lowest BCUT2D eigenvalue weighted by Crippen LogP contribution is -1.87. The highest BCUT2D eigenvalue weighted by Gasteiger charge is 1.93. The average Bonchev–Trinajstić information content (AvgIpc) is 1.86. The molecular formula is C10H17N. The van der Waals surface area contributed by atoms with E-state index in [0.717, 1.165) is 5.70 Å². The normalized spacial score (nSPS) is 10.6. The minimum atomic E-state index is 0.441. The first-order valence-corrected chi connectivity index (χ1v) is 3.90. The Morgan fingerprint density at radius 2 is 1.91 bits per heavy atom. The lowest BCUT2D eigenvalue weighted by Gasteiger charge is -2.00. The van der Waals surface area contributed by atoms with Gasteiger partial charge < -0.3 is 0 Å². The summed E-state index contributed by atoms with van der Waals surface area (Å²) in [6.45, 7) is 12.1. The third-order valence-electron chi connectivity index (χ3n) is 1.31. The molecule has 0 saturated carbocycles. The summed E-state index contributed by atoms with van der Waals surface area (Å²) in [5, 5.41) is 0. The van der Waals surface area contributed by atoms with Crippen LogP contribution < -0.4 is 0 Å². The van der Waals surface area contributed by atoms with Crippen LogP contribution in [0.5, 0.6) is 0 Å². The van der Waals surface area contributed by atoms with E-state index in [1.54, 1.807) is 6.21 Å². The second kappa shape index (κ2) is 4.89. The molecule has 0 aromatic heterocycles. The zero-order valence-corrected chi connectivity index (χ0v) is 7.89. The van der Waals surface area contributed by atoms with E-state index in [1.165, 1.54) is 5.57 Å². The Balaban J connectivity index is 3.95. The van der Waals surface area contributed by atoms with Crippen LogP contribution in [0.15, 0.2) is 28.9 Å². The molecule has 0 unspecified atom stereocenters. The highest BCUT2D eigenvalue weighted by atomic mass is 14.7. The Labute approximate surface area is 69.5 Å². The van der Waals surface area contributed by atoms with Gasteiger partial charge in [0.05, 0.1) is 0 Å². The van der Waals surface area contributed by atoms with Gasteiger partial charge in [0.2, 0.25) is 0 Å². The Morgan fingerprint density at radius 3 is 2.27 bits per heavy atom. The van der Waals surface area contributed by atoms with Gasteiger partial charge in [-0.2, -0.15) is 0 Å². The number of hydrogen-bond donors (Lipinski definition) is 0. The number of nitrogens with zero attached hydrogens (tertiary/aromatic N) is 1. The van der Waals surface area contributed by atoms with Crippen LogP contribution in [0.1, 0.15) is 27.7 Å². The van der Waals surface area contributed by atoms with E-state index in [4.69, 9.17) is 0 Å². The van der Waals surface area contributed by atoms with E-state index in [1.807, 2.05) is 19.9 Å². The van der Waals surface area contributed by atoms with Crippen LogP contribution in [0.4, 0.5) is 0 Å². The van der Waals surface area contributed by atoms with Gasteiger partial charge in [0.25, 0.3) is 0 Å². The van der Waals surface area contributed by atoms with E-state index >= 15 is 0 Å². The molecule has 0 amide bonds. The molecular weight excluding hydrogens is 134 g/mol. The molecule has 0 radical (unpaired) electrons. The summed E-state index contributed by atoms with van der Waals surface area (Å²) in [6.07, 6.45) is 3.78. The second-order valence-corrected chi connectivity index (χ2v) is 3.17. The predicted molar refractivity (Wildman–Crippen MR) is 51.9 cm³/mol. The van der Waals surface area contributed by atoms with E-state index in [2.05, 4.69) is 25.4 Å². The van der Waals surface area contributed by atoms with Crippen LogP contribution >= 0.6 is 0 Å². The monoisotopic (exact) mass is 151 g/mol. The average molecular weight is 151 g/mol. The highest BCUT2D eigenvalue weighted by molar-refractivity contribution is 5.72. The van der Waals surface area contributed by atoms with Gasteiger partial charge in [0.15, 0.2) is 0 Å². The standard InChI is InChI=1S/C10H17N/c1-8(2)6-7-11-10(5)9(3)4/h6-7,9H,5H2,1-4H3. The molecule has 0 bridgehead atoms. The maximum absolute atomic E-state index is 4.17. The van der Waals surface area contributed by atoms with E-state index in [-0.39, 0.29) is 0 Å². The van der Waals surface area contributed by atoms with Crippen LogP contribution in [-0.4, -0.2) is 6.21 Å². The van der Waals surface area contributed by atoms with Crippen LogP contribution in [0.2, 0.25) is 0 Å². The summed E-state index contributed by atoms with van der Waals surface area (Å²) in [6, 6.07) is 0. The molecule has 1 nitrogen and oxygen atoms in total. The molecule has 1 heteroatoms. The first-order valence-electron chi connectivity index (χ1n) is 3.90. The molecule has 0 aromatic carbocycles. The first-order chi connectivity index (χ1) is 5.04. The Bertz CT molecular complexity index is 181. The molecule has 0 aliphatic rings. The third kappa shape index (κ3) is 5.59. The van der Waals surface area contributed by atoms with Gasteiger partial charge in [0, 0.05) is 11.9 Å². The van der Waals surface area contributed by atoms with Crippen molar-refractivity contribution in [2.45, 2.75) is 27.7 Å². The van der Waals surface area contributed by atoms with Gasteiger partial charge in [0.1, 0.15) is 0 Å². The van der Waals surface area contributed by atoms with Crippen molar-refractivity contribution in [1.29, 1.82) is 0 Å². The maximum Gasteiger partial charge on any atom is 0.0357 e. The van der Waals surface area contributed by atoms with Crippen molar-refractivity contribution in [2.75, 3.05) is 0 Å². The lowest BCUT2D eigenvalue weighted by molar-refractivity contribution is 0.763. The number of allylic oxidation sites excluding steroid dienone is 3. The lowest BCUT2D eigenvalue weighted by atomic mass is 10.2. The van der Waals surface area contributed by atoms with Crippen molar-refractivity contribution in [3.8, 4) is 0 Å². The van der Waals surface area contributed by atoms with Crippen LogP contribution in [0, 0.1) is 5.92 Å². The summed E-state index contributed by atoms with van der Waals surface area (Å²) in [5.74, 6) is 0.441.